The van der Waals surface area contributed by atoms with Crippen molar-refractivity contribution in [3.8, 4) is 0 Å². The first-order chi connectivity index (χ1) is 10.1. The zero-order valence-corrected chi connectivity index (χ0v) is 14.2. The first-order valence-electron chi connectivity index (χ1n) is 8.63. The van der Waals surface area contributed by atoms with Crippen LogP contribution < -0.4 is 5.32 Å². The molecule has 2 rings (SSSR count). The Balaban J connectivity index is 1.99. The normalized spacial score (nSPS) is 21.1. The van der Waals surface area contributed by atoms with Crippen molar-refractivity contribution >= 4 is 0 Å². The maximum Gasteiger partial charge on any atom is 0.0449 e. The van der Waals surface area contributed by atoms with Crippen LogP contribution >= 0.6 is 0 Å². The quantitative estimate of drug-likeness (QED) is 0.819. The van der Waals surface area contributed by atoms with Crippen LogP contribution in [0, 0.1) is 11.8 Å². The largest absolute Gasteiger partial charge is 0.309 e. The Morgan fingerprint density at radius 2 is 1.95 bits per heavy atom. The number of likely N-dealkylation sites (tertiary alicyclic amines) is 1. The van der Waals surface area contributed by atoms with Gasteiger partial charge in [-0.3, -0.25) is 0 Å². The van der Waals surface area contributed by atoms with Gasteiger partial charge in [-0.2, -0.15) is 0 Å². The molecule has 2 heteroatoms. The van der Waals surface area contributed by atoms with Gasteiger partial charge in [0, 0.05) is 19.1 Å². The summed E-state index contributed by atoms with van der Waals surface area (Å²) >= 11 is 0. The summed E-state index contributed by atoms with van der Waals surface area (Å²) in [5.74, 6) is 1.59. The van der Waals surface area contributed by atoms with Gasteiger partial charge in [-0.1, -0.05) is 52.0 Å². The fourth-order valence-electron chi connectivity index (χ4n) is 3.34. The van der Waals surface area contributed by atoms with E-state index in [2.05, 4.69) is 62.2 Å². The molecule has 0 spiro atoms. The van der Waals surface area contributed by atoms with Crippen molar-refractivity contribution < 1.29 is 0 Å². The molecule has 1 heterocycles. The Morgan fingerprint density at radius 3 is 2.48 bits per heavy atom. The third-order valence-corrected chi connectivity index (χ3v) is 4.43. The standard InChI is InChI=1S/C19H32N2/c1-5-20-19(14-21-11-10-16(4)13-21)18-8-6-17(7-9-18)12-15(2)3/h6-9,15-16,19-20H,5,10-14H2,1-4H3. The molecule has 0 radical (unpaired) electrons. The summed E-state index contributed by atoms with van der Waals surface area (Å²) in [4.78, 5) is 2.61. The lowest BCUT2D eigenvalue weighted by atomic mass is 9.99. The highest BCUT2D eigenvalue weighted by molar-refractivity contribution is 5.25. The van der Waals surface area contributed by atoms with Crippen LogP contribution in [0.3, 0.4) is 0 Å². The van der Waals surface area contributed by atoms with Crippen LogP contribution in [0.5, 0.6) is 0 Å². The Morgan fingerprint density at radius 1 is 1.24 bits per heavy atom. The second-order valence-corrected chi connectivity index (χ2v) is 7.10. The van der Waals surface area contributed by atoms with Crippen LogP contribution in [0.2, 0.25) is 0 Å². The van der Waals surface area contributed by atoms with Crippen molar-refractivity contribution in [1.82, 2.24) is 10.2 Å². The monoisotopic (exact) mass is 288 g/mol. The molecule has 0 aliphatic carbocycles. The van der Waals surface area contributed by atoms with Gasteiger partial charge in [0.2, 0.25) is 0 Å². The number of hydrogen-bond acceptors (Lipinski definition) is 2. The smallest absolute Gasteiger partial charge is 0.0449 e. The number of likely N-dealkylation sites (N-methyl/N-ethyl adjacent to an activating group) is 1. The lowest BCUT2D eigenvalue weighted by molar-refractivity contribution is 0.286. The van der Waals surface area contributed by atoms with E-state index in [1.54, 1.807) is 0 Å². The Hall–Kier alpha value is -0.860. The maximum atomic E-state index is 3.66. The molecule has 1 N–H and O–H groups in total. The molecular weight excluding hydrogens is 256 g/mol. The molecule has 0 saturated carbocycles. The fraction of sp³-hybridized carbons (Fsp3) is 0.684. The van der Waals surface area contributed by atoms with Gasteiger partial charge in [-0.25, -0.2) is 0 Å². The number of rotatable bonds is 7. The van der Waals surface area contributed by atoms with E-state index in [9.17, 15) is 0 Å². The highest BCUT2D eigenvalue weighted by Crippen LogP contribution is 2.21. The summed E-state index contributed by atoms with van der Waals surface area (Å²) in [6.07, 6.45) is 2.53. The van der Waals surface area contributed by atoms with Crippen LogP contribution in [0.1, 0.15) is 51.3 Å². The summed E-state index contributed by atoms with van der Waals surface area (Å²) in [5, 5.41) is 3.66. The van der Waals surface area contributed by atoms with Crippen molar-refractivity contribution in [3.63, 3.8) is 0 Å². The first kappa shape index (κ1) is 16.5. The summed E-state index contributed by atoms with van der Waals surface area (Å²) in [7, 11) is 0. The fourth-order valence-corrected chi connectivity index (χ4v) is 3.34. The van der Waals surface area contributed by atoms with E-state index in [4.69, 9.17) is 0 Å². The molecule has 118 valence electrons. The van der Waals surface area contributed by atoms with Crippen LogP contribution in [0.15, 0.2) is 24.3 Å². The van der Waals surface area contributed by atoms with E-state index in [-0.39, 0.29) is 0 Å². The SMILES string of the molecule is CCNC(CN1CCC(C)C1)c1ccc(CC(C)C)cc1. The lowest BCUT2D eigenvalue weighted by Crippen LogP contribution is -2.34. The molecule has 1 aliphatic rings. The molecule has 21 heavy (non-hydrogen) atoms. The predicted octanol–water partition coefficient (Wildman–Crippen LogP) is 3.88. The van der Waals surface area contributed by atoms with Gasteiger partial charge in [0.1, 0.15) is 0 Å². The summed E-state index contributed by atoms with van der Waals surface area (Å²) in [5.41, 5.74) is 2.89. The molecular formula is C19H32N2. The zero-order valence-electron chi connectivity index (χ0n) is 14.2. The molecule has 0 bridgehead atoms. The second-order valence-electron chi connectivity index (χ2n) is 7.10. The molecule has 1 fully saturated rings. The average molecular weight is 288 g/mol. The Bertz CT molecular complexity index is 410. The average Bonchev–Trinajstić information content (AvgIpc) is 2.84. The van der Waals surface area contributed by atoms with Gasteiger partial charge in [-0.15, -0.1) is 0 Å². The van der Waals surface area contributed by atoms with E-state index in [0.717, 1.165) is 24.9 Å². The molecule has 2 atom stereocenters. The van der Waals surface area contributed by atoms with Crippen LogP contribution in [0.25, 0.3) is 0 Å². The summed E-state index contributed by atoms with van der Waals surface area (Å²) in [6.45, 7) is 13.8. The molecule has 1 aromatic carbocycles. The Kier molecular flexibility index (Phi) is 6.25. The minimum atomic E-state index is 0.466. The summed E-state index contributed by atoms with van der Waals surface area (Å²) < 4.78 is 0. The number of nitrogens with zero attached hydrogens (tertiary/aromatic N) is 1. The maximum absolute atomic E-state index is 3.66. The molecule has 1 saturated heterocycles. The summed E-state index contributed by atoms with van der Waals surface area (Å²) in [6, 6.07) is 9.74. The molecule has 0 aromatic heterocycles. The van der Waals surface area contributed by atoms with Gasteiger partial charge < -0.3 is 10.2 Å². The topological polar surface area (TPSA) is 15.3 Å². The third-order valence-electron chi connectivity index (χ3n) is 4.43. The number of nitrogens with one attached hydrogen (secondary N) is 1. The van der Waals surface area contributed by atoms with Crippen molar-refractivity contribution in [3.05, 3.63) is 35.4 Å². The van der Waals surface area contributed by atoms with Crippen molar-refractivity contribution in [2.24, 2.45) is 11.8 Å². The molecule has 2 nitrogen and oxygen atoms in total. The van der Waals surface area contributed by atoms with Crippen molar-refractivity contribution in [1.29, 1.82) is 0 Å². The van der Waals surface area contributed by atoms with E-state index >= 15 is 0 Å². The van der Waals surface area contributed by atoms with Gasteiger partial charge in [-0.05, 0) is 48.9 Å². The molecule has 0 amide bonds. The van der Waals surface area contributed by atoms with E-state index < -0.39 is 0 Å². The lowest BCUT2D eigenvalue weighted by Gasteiger charge is -2.25. The number of benzene rings is 1. The molecule has 2 unspecified atom stereocenters. The minimum absolute atomic E-state index is 0.466. The van der Waals surface area contributed by atoms with Crippen LogP contribution in [-0.2, 0) is 6.42 Å². The Labute approximate surface area is 130 Å². The van der Waals surface area contributed by atoms with Crippen molar-refractivity contribution in [2.75, 3.05) is 26.2 Å². The van der Waals surface area contributed by atoms with Gasteiger partial charge in [0.15, 0.2) is 0 Å². The molecule has 1 aromatic rings. The second kappa shape index (κ2) is 7.95. The van der Waals surface area contributed by atoms with Gasteiger partial charge >= 0.3 is 0 Å². The first-order valence-corrected chi connectivity index (χ1v) is 8.63. The number of hydrogen-bond donors (Lipinski definition) is 1. The molecule has 1 aliphatic heterocycles. The van der Waals surface area contributed by atoms with Gasteiger partial charge in [0.25, 0.3) is 0 Å². The highest BCUT2D eigenvalue weighted by Gasteiger charge is 2.22. The van der Waals surface area contributed by atoms with Crippen LogP contribution in [0.4, 0.5) is 0 Å². The third kappa shape index (κ3) is 5.12. The minimum Gasteiger partial charge on any atom is -0.309 e. The van der Waals surface area contributed by atoms with Crippen LogP contribution in [-0.4, -0.2) is 31.1 Å². The zero-order chi connectivity index (χ0) is 15.2. The van der Waals surface area contributed by atoms with E-state index in [0.29, 0.717) is 6.04 Å². The van der Waals surface area contributed by atoms with E-state index in [1.807, 2.05) is 0 Å². The van der Waals surface area contributed by atoms with Crippen molar-refractivity contribution in [2.45, 2.75) is 46.6 Å². The van der Waals surface area contributed by atoms with E-state index in [1.165, 1.54) is 37.1 Å². The highest BCUT2D eigenvalue weighted by atomic mass is 15.2. The van der Waals surface area contributed by atoms with Gasteiger partial charge in [0.05, 0.1) is 0 Å². The predicted molar refractivity (Wildman–Crippen MR) is 91.6 cm³/mol.